The monoisotopic (exact) mass is 291 g/mol. The fourth-order valence-electron chi connectivity index (χ4n) is 3.55. The van der Waals surface area contributed by atoms with Gasteiger partial charge in [-0.25, -0.2) is 0 Å². The first-order valence-corrected chi connectivity index (χ1v) is 7.61. The Morgan fingerprint density at radius 1 is 1.43 bits per heavy atom. The maximum Gasteiger partial charge on any atom is 0.333 e. The van der Waals surface area contributed by atoms with E-state index in [0.717, 1.165) is 19.5 Å². The summed E-state index contributed by atoms with van der Waals surface area (Å²) < 4.78 is 5.40. The maximum atomic E-state index is 11.4. The molecule has 2 aliphatic rings. The van der Waals surface area contributed by atoms with Crippen molar-refractivity contribution in [1.82, 2.24) is 4.90 Å². The van der Waals surface area contributed by atoms with Gasteiger partial charge in [0.1, 0.15) is 5.69 Å². The van der Waals surface area contributed by atoms with E-state index in [0.29, 0.717) is 30.1 Å². The predicted molar refractivity (Wildman–Crippen MR) is 80.9 cm³/mol. The summed E-state index contributed by atoms with van der Waals surface area (Å²) in [6, 6.07) is 6.05. The molecule has 21 heavy (non-hydrogen) atoms. The lowest BCUT2D eigenvalue weighted by molar-refractivity contribution is -0.385. The van der Waals surface area contributed by atoms with Gasteiger partial charge in [0.2, 0.25) is 0 Å². The molecule has 3 rings (SSSR count). The summed E-state index contributed by atoms with van der Waals surface area (Å²) in [5.41, 5.74) is 0.625. The number of nitro groups is 1. The summed E-state index contributed by atoms with van der Waals surface area (Å²) in [7, 11) is 0. The Kier molecular flexibility index (Phi) is 3.96. The Balaban J connectivity index is 1.84. The van der Waals surface area contributed by atoms with Gasteiger partial charge in [-0.15, -0.1) is 0 Å². The van der Waals surface area contributed by atoms with E-state index in [4.69, 9.17) is 4.74 Å². The van der Waals surface area contributed by atoms with E-state index in [-0.39, 0.29) is 10.6 Å². The molecule has 2 heterocycles. The highest BCUT2D eigenvalue weighted by Gasteiger charge is 2.38. The molecule has 1 aromatic rings. The molecule has 0 saturated carbocycles. The number of ether oxygens (including phenoxy) is 1. The summed E-state index contributed by atoms with van der Waals surface area (Å²) in [5.74, 6) is 0.341. The van der Waals surface area contributed by atoms with Crippen LogP contribution in [0.1, 0.15) is 26.2 Å². The van der Waals surface area contributed by atoms with Gasteiger partial charge in [-0.2, -0.15) is 0 Å². The summed E-state index contributed by atoms with van der Waals surface area (Å²) in [6.45, 7) is 4.49. The smallest absolute Gasteiger partial charge is 0.333 e. The van der Waals surface area contributed by atoms with Gasteiger partial charge in [-0.1, -0.05) is 6.07 Å². The van der Waals surface area contributed by atoms with Crippen molar-refractivity contribution in [2.75, 3.05) is 25.0 Å². The fourth-order valence-corrected chi connectivity index (χ4v) is 3.55. The number of para-hydroxylation sites is 1. The average molecular weight is 291 g/mol. The third kappa shape index (κ3) is 2.68. The topological polar surface area (TPSA) is 67.6 Å². The first-order valence-electron chi connectivity index (χ1n) is 7.61. The lowest BCUT2D eigenvalue weighted by Gasteiger charge is -2.22. The van der Waals surface area contributed by atoms with Crippen LogP contribution < -0.4 is 10.1 Å². The minimum Gasteiger partial charge on any atom is -0.487 e. The molecule has 114 valence electrons. The molecule has 2 aliphatic heterocycles. The molecule has 0 bridgehead atoms. The first-order chi connectivity index (χ1) is 10.2. The summed E-state index contributed by atoms with van der Waals surface area (Å²) in [4.78, 5) is 13.5. The van der Waals surface area contributed by atoms with Gasteiger partial charge < -0.3 is 10.1 Å². The van der Waals surface area contributed by atoms with Gasteiger partial charge in [0, 0.05) is 18.6 Å². The molecular weight excluding hydrogens is 270 g/mol. The van der Waals surface area contributed by atoms with E-state index in [1.807, 2.05) is 13.0 Å². The molecule has 0 radical (unpaired) electrons. The average Bonchev–Trinajstić information content (AvgIpc) is 3.04. The molecule has 2 unspecified atom stereocenters. The van der Waals surface area contributed by atoms with Crippen molar-refractivity contribution in [2.45, 2.75) is 38.3 Å². The van der Waals surface area contributed by atoms with Gasteiger partial charge in [-0.3, -0.25) is 15.0 Å². The van der Waals surface area contributed by atoms with E-state index < -0.39 is 0 Å². The van der Waals surface area contributed by atoms with Crippen LogP contribution in [0.3, 0.4) is 0 Å². The molecule has 6 nitrogen and oxygen atoms in total. The number of hydrogen-bond acceptors (Lipinski definition) is 5. The molecule has 0 aliphatic carbocycles. The van der Waals surface area contributed by atoms with E-state index in [2.05, 4.69) is 10.2 Å². The van der Waals surface area contributed by atoms with Crippen LogP contribution in [0.5, 0.6) is 5.75 Å². The van der Waals surface area contributed by atoms with Crippen molar-refractivity contribution in [3.05, 3.63) is 28.3 Å². The fraction of sp³-hybridized carbons (Fsp3) is 0.600. The zero-order valence-corrected chi connectivity index (χ0v) is 12.2. The van der Waals surface area contributed by atoms with Crippen molar-refractivity contribution < 1.29 is 9.66 Å². The maximum absolute atomic E-state index is 11.4. The first kappa shape index (κ1) is 14.1. The van der Waals surface area contributed by atoms with E-state index in [1.54, 1.807) is 12.1 Å². The van der Waals surface area contributed by atoms with Crippen molar-refractivity contribution in [3.63, 3.8) is 0 Å². The van der Waals surface area contributed by atoms with Crippen LogP contribution >= 0.6 is 0 Å². The van der Waals surface area contributed by atoms with Gasteiger partial charge in [0.15, 0.2) is 5.75 Å². The second kappa shape index (κ2) is 5.89. The van der Waals surface area contributed by atoms with Crippen LogP contribution in [-0.4, -0.2) is 41.6 Å². The second-order valence-electron chi connectivity index (χ2n) is 5.63. The Morgan fingerprint density at radius 3 is 3.05 bits per heavy atom. The summed E-state index contributed by atoms with van der Waals surface area (Å²) >= 11 is 0. The molecule has 6 heteroatoms. The van der Waals surface area contributed by atoms with Crippen LogP contribution in [0.2, 0.25) is 0 Å². The van der Waals surface area contributed by atoms with E-state index >= 15 is 0 Å². The molecule has 0 spiro atoms. The Labute approximate surface area is 124 Å². The third-order valence-corrected chi connectivity index (χ3v) is 4.43. The molecule has 1 aromatic carbocycles. The van der Waals surface area contributed by atoms with Gasteiger partial charge >= 0.3 is 5.69 Å². The molecule has 2 saturated heterocycles. The van der Waals surface area contributed by atoms with Gasteiger partial charge in [0.05, 0.1) is 11.5 Å². The van der Waals surface area contributed by atoms with Crippen LogP contribution in [0.15, 0.2) is 18.2 Å². The quantitative estimate of drug-likeness (QED) is 0.667. The van der Waals surface area contributed by atoms with E-state index in [9.17, 15) is 10.1 Å². The second-order valence-corrected chi connectivity index (χ2v) is 5.63. The highest BCUT2D eigenvalue weighted by molar-refractivity contribution is 5.69. The molecule has 0 aromatic heterocycles. The molecule has 2 fully saturated rings. The number of nitrogens with one attached hydrogen (secondary N) is 1. The summed E-state index contributed by atoms with van der Waals surface area (Å²) in [5, 5.41) is 14.8. The number of fused-ring (bicyclic) bond motifs is 1. The van der Waals surface area contributed by atoms with Crippen LogP contribution in [0, 0.1) is 10.1 Å². The minimum atomic E-state index is -0.352. The van der Waals surface area contributed by atoms with Crippen LogP contribution in [0.25, 0.3) is 0 Å². The normalized spacial score (nSPS) is 24.8. The number of nitrogens with zero attached hydrogens (tertiary/aromatic N) is 2. The molecule has 2 atom stereocenters. The lowest BCUT2D eigenvalue weighted by Crippen LogP contribution is -2.33. The van der Waals surface area contributed by atoms with Gasteiger partial charge in [0.25, 0.3) is 0 Å². The Morgan fingerprint density at radius 2 is 2.29 bits per heavy atom. The standard InChI is InChI=1S/C15H21N3O3/c1-2-21-14-7-3-5-12(15(14)18(19)20)16-11-8-10-17-9-4-6-13(11)17/h3,5,7,11,13,16H,2,4,6,8-10H2,1H3. The molecule has 0 amide bonds. The number of rotatable bonds is 5. The zero-order chi connectivity index (χ0) is 14.8. The Hall–Kier alpha value is -1.82. The highest BCUT2D eigenvalue weighted by atomic mass is 16.6. The number of hydrogen-bond donors (Lipinski definition) is 1. The zero-order valence-electron chi connectivity index (χ0n) is 12.2. The number of benzene rings is 1. The van der Waals surface area contributed by atoms with Crippen molar-refractivity contribution in [1.29, 1.82) is 0 Å². The summed E-state index contributed by atoms with van der Waals surface area (Å²) in [6.07, 6.45) is 3.45. The van der Waals surface area contributed by atoms with Crippen molar-refractivity contribution in [2.24, 2.45) is 0 Å². The number of nitro benzene ring substituents is 1. The van der Waals surface area contributed by atoms with Crippen molar-refractivity contribution >= 4 is 11.4 Å². The SMILES string of the molecule is CCOc1cccc(NC2CCN3CCCC23)c1[N+](=O)[O-]. The third-order valence-electron chi connectivity index (χ3n) is 4.43. The van der Waals surface area contributed by atoms with E-state index in [1.165, 1.54) is 12.8 Å². The largest absolute Gasteiger partial charge is 0.487 e. The van der Waals surface area contributed by atoms with Crippen molar-refractivity contribution in [3.8, 4) is 5.75 Å². The lowest BCUT2D eigenvalue weighted by atomic mass is 10.1. The molecular formula is C15H21N3O3. The molecule has 1 N–H and O–H groups in total. The Bertz CT molecular complexity index is 535. The minimum absolute atomic E-state index is 0.0517. The van der Waals surface area contributed by atoms with Gasteiger partial charge in [-0.05, 0) is 44.9 Å². The number of anilines is 1. The van der Waals surface area contributed by atoms with Crippen LogP contribution in [-0.2, 0) is 0 Å². The highest BCUT2D eigenvalue weighted by Crippen LogP contribution is 2.37. The van der Waals surface area contributed by atoms with Crippen LogP contribution in [0.4, 0.5) is 11.4 Å². The predicted octanol–water partition coefficient (Wildman–Crippen LogP) is 2.64.